The standard InChI is InChI=1S/C19H23FN4O.ClH/c20-16-4-2-15(3-5-16)18(6-7-18)14-22-17(25)19(8-11-21-12-9-19)24-13-1-10-23-24;/h1-5,10,13,21H,6-9,11-12,14H2,(H,22,25);1H. The minimum absolute atomic E-state index is 0. The summed E-state index contributed by atoms with van der Waals surface area (Å²) < 4.78 is 15.0. The van der Waals surface area contributed by atoms with Crippen molar-refractivity contribution in [1.82, 2.24) is 20.4 Å². The van der Waals surface area contributed by atoms with Crippen LogP contribution < -0.4 is 10.6 Å². The molecule has 2 aromatic rings. The number of nitrogens with zero attached hydrogens (tertiary/aromatic N) is 2. The van der Waals surface area contributed by atoms with Crippen LogP contribution in [-0.4, -0.2) is 35.3 Å². The van der Waals surface area contributed by atoms with Crippen LogP contribution in [0.25, 0.3) is 0 Å². The maximum atomic E-state index is 13.2. The van der Waals surface area contributed by atoms with Crippen LogP contribution in [0.4, 0.5) is 4.39 Å². The molecule has 1 aliphatic carbocycles. The highest BCUT2D eigenvalue weighted by Gasteiger charge is 2.47. The number of amides is 1. The largest absolute Gasteiger partial charge is 0.353 e. The van der Waals surface area contributed by atoms with Gasteiger partial charge in [-0.15, -0.1) is 12.4 Å². The molecule has 1 aromatic carbocycles. The number of rotatable bonds is 5. The van der Waals surface area contributed by atoms with Crippen molar-refractivity contribution in [2.75, 3.05) is 19.6 Å². The lowest BCUT2D eigenvalue weighted by Gasteiger charge is -2.37. The summed E-state index contributed by atoms with van der Waals surface area (Å²) in [4.78, 5) is 13.1. The van der Waals surface area contributed by atoms with Crippen molar-refractivity contribution in [3.05, 3.63) is 54.1 Å². The van der Waals surface area contributed by atoms with Gasteiger partial charge in [0, 0.05) is 24.4 Å². The third-order valence-electron chi connectivity index (χ3n) is 5.69. The molecule has 2 heterocycles. The smallest absolute Gasteiger partial charge is 0.248 e. The third-order valence-corrected chi connectivity index (χ3v) is 5.69. The highest BCUT2D eigenvalue weighted by molar-refractivity contribution is 5.85. The van der Waals surface area contributed by atoms with E-state index in [1.807, 2.05) is 24.4 Å². The zero-order valence-corrected chi connectivity index (χ0v) is 15.4. The van der Waals surface area contributed by atoms with E-state index in [1.165, 1.54) is 12.1 Å². The molecule has 1 aliphatic heterocycles. The van der Waals surface area contributed by atoms with E-state index >= 15 is 0 Å². The van der Waals surface area contributed by atoms with Gasteiger partial charge in [0.15, 0.2) is 0 Å². The number of hydrogen-bond donors (Lipinski definition) is 2. The zero-order valence-electron chi connectivity index (χ0n) is 14.6. The van der Waals surface area contributed by atoms with Gasteiger partial charge in [0.1, 0.15) is 11.4 Å². The quantitative estimate of drug-likeness (QED) is 0.839. The molecular weight excluding hydrogens is 355 g/mol. The fourth-order valence-corrected chi connectivity index (χ4v) is 3.86. The molecule has 1 saturated heterocycles. The van der Waals surface area contributed by atoms with E-state index < -0.39 is 5.54 Å². The van der Waals surface area contributed by atoms with E-state index in [0.717, 1.165) is 44.3 Å². The summed E-state index contributed by atoms with van der Waals surface area (Å²) in [6.07, 6.45) is 7.09. The van der Waals surface area contributed by atoms with E-state index in [4.69, 9.17) is 0 Å². The minimum Gasteiger partial charge on any atom is -0.353 e. The monoisotopic (exact) mass is 378 g/mol. The molecule has 7 heteroatoms. The number of nitrogens with one attached hydrogen (secondary N) is 2. The average Bonchev–Trinajstić information content (AvgIpc) is 3.23. The normalized spacial score (nSPS) is 20.0. The summed E-state index contributed by atoms with van der Waals surface area (Å²) in [6.45, 7) is 2.20. The molecule has 4 rings (SSSR count). The Labute approximate surface area is 158 Å². The second-order valence-electron chi connectivity index (χ2n) is 7.20. The summed E-state index contributed by atoms with van der Waals surface area (Å²) >= 11 is 0. The molecule has 26 heavy (non-hydrogen) atoms. The molecule has 0 atom stereocenters. The van der Waals surface area contributed by atoms with Gasteiger partial charge in [-0.1, -0.05) is 12.1 Å². The van der Waals surface area contributed by atoms with Crippen molar-refractivity contribution >= 4 is 18.3 Å². The molecule has 2 fully saturated rings. The lowest BCUT2D eigenvalue weighted by Crippen LogP contribution is -2.55. The van der Waals surface area contributed by atoms with Crippen molar-refractivity contribution in [1.29, 1.82) is 0 Å². The number of carbonyl (C=O) groups is 1. The Kier molecular flexibility index (Phi) is 5.34. The lowest BCUT2D eigenvalue weighted by molar-refractivity contribution is -0.132. The Hall–Kier alpha value is -1.92. The number of aromatic nitrogens is 2. The maximum absolute atomic E-state index is 13.2. The van der Waals surface area contributed by atoms with Crippen molar-refractivity contribution in [2.24, 2.45) is 0 Å². The van der Waals surface area contributed by atoms with E-state index in [-0.39, 0.29) is 29.5 Å². The predicted molar refractivity (Wildman–Crippen MR) is 99.9 cm³/mol. The summed E-state index contributed by atoms with van der Waals surface area (Å²) in [6, 6.07) is 8.52. The van der Waals surface area contributed by atoms with Crippen LogP contribution in [0.5, 0.6) is 0 Å². The van der Waals surface area contributed by atoms with Gasteiger partial charge in [-0.3, -0.25) is 9.48 Å². The summed E-state index contributed by atoms with van der Waals surface area (Å²) in [5.74, 6) is -0.193. The summed E-state index contributed by atoms with van der Waals surface area (Å²) in [5.41, 5.74) is 0.447. The Morgan fingerprint density at radius 3 is 2.46 bits per heavy atom. The predicted octanol–water partition coefficient (Wildman–Crippen LogP) is 2.37. The molecular formula is C19H24ClFN4O. The molecule has 0 radical (unpaired) electrons. The highest BCUT2D eigenvalue weighted by Crippen LogP contribution is 2.47. The van der Waals surface area contributed by atoms with Crippen LogP contribution in [0.15, 0.2) is 42.7 Å². The van der Waals surface area contributed by atoms with Gasteiger partial charge in [-0.25, -0.2) is 4.39 Å². The molecule has 1 saturated carbocycles. The SMILES string of the molecule is Cl.O=C(NCC1(c2ccc(F)cc2)CC1)C1(n2cccn2)CCNCC1. The number of carbonyl (C=O) groups excluding carboxylic acids is 1. The first-order chi connectivity index (χ1) is 12.1. The van der Waals surface area contributed by atoms with Gasteiger partial charge in [0.05, 0.1) is 0 Å². The van der Waals surface area contributed by atoms with E-state index in [9.17, 15) is 9.18 Å². The van der Waals surface area contributed by atoms with Gasteiger partial charge in [0.25, 0.3) is 0 Å². The van der Waals surface area contributed by atoms with Gasteiger partial charge >= 0.3 is 0 Å². The first kappa shape index (κ1) is 18.9. The van der Waals surface area contributed by atoms with Gasteiger partial charge < -0.3 is 10.6 Å². The van der Waals surface area contributed by atoms with Crippen LogP contribution in [0.2, 0.25) is 0 Å². The zero-order chi connectivity index (χ0) is 17.3. The number of piperidine rings is 1. The van der Waals surface area contributed by atoms with Crippen LogP contribution in [0.1, 0.15) is 31.2 Å². The van der Waals surface area contributed by atoms with Crippen LogP contribution in [0.3, 0.4) is 0 Å². The van der Waals surface area contributed by atoms with Crippen molar-refractivity contribution in [2.45, 2.75) is 36.6 Å². The van der Waals surface area contributed by atoms with Gasteiger partial charge in [-0.05, 0) is 62.5 Å². The summed E-state index contributed by atoms with van der Waals surface area (Å²) in [7, 11) is 0. The number of halogens is 2. The second-order valence-corrected chi connectivity index (χ2v) is 7.20. The van der Waals surface area contributed by atoms with Crippen molar-refractivity contribution < 1.29 is 9.18 Å². The molecule has 0 unspecified atom stereocenters. The molecule has 1 amide bonds. The maximum Gasteiger partial charge on any atom is 0.248 e. The fourth-order valence-electron chi connectivity index (χ4n) is 3.86. The Morgan fingerprint density at radius 1 is 1.19 bits per heavy atom. The highest BCUT2D eigenvalue weighted by atomic mass is 35.5. The Balaban J connectivity index is 0.00000196. The Morgan fingerprint density at radius 2 is 1.88 bits per heavy atom. The molecule has 140 valence electrons. The first-order valence-corrected chi connectivity index (χ1v) is 8.90. The van der Waals surface area contributed by atoms with Crippen molar-refractivity contribution in [3.63, 3.8) is 0 Å². The van der Waals surface area contributed by atoms with Crippen LogP contribution in [-0.2, 0) is 15.7 Å². The number of hydrogen-bond acceptors (Lipinski definition) is 3. The van der Waals surface area contributed by atoms with E-state index in [1.54, 1.807) is 10.9 Å². The molecule has 2 aliphatic rings. The Bertz CT molecular complexity index is 737. The molecule has 0 bridgehead atoms. The number of benzene rings is 1. The molecule has 0 spiro atoms. The molecule has 5 nitrogen and oxygen atoms in total. The third kappa shape index (κ3) is 3.35. The first-order valence-electron chi connectivity index (χ1n) is 8.90. The van der Waals surface area contributed by atoms with Crippen molar-refractivity contribution in [3.8, 4) is 0 Å². The second kappa shape index (κ2) is 7.37. The molecule has 2 N–H and O–H groups in total. The van der Waals surface area contributed by atoms with Crippen LogP contribution >= 0.6 is 12.4 Å². The van der Waals surface area contributed by atoms with Gasteiger partial charge in [-0.2, -0.15) is 5.10 Å². The van der Waals surface area contributed by atoms with Gasteiger partial charge in [0.2, 0.25) is 5.91 Å². The van der Waals surface area contributed by atoms with E-state index in [0.29, 0.717) is 6.54 Å². The summed E-state index contributed by atoms with van der Waals surface area (Å²) in [5, 5.41) is 10.8. The van der Waals surface area contributed by atoms with E-state index in [2.05, 4.69) is 15.7 Å². The minimum atomic E-state index is -0.617. The fraction of sp³-hybridized carbons (Fsp3) is 0.474. The topological polar surface area (TPSA) is 59.0 Å². The average molecular weight is 379 g/mol. The lowest BCUT2D eigenvalue weighted by atomic mass is 9.87. The molecule has 1 aromatic heterocycles. The van der Waals surface area contributed by atoms with Crippen LogP contribution in [0, 0.1) is 5.82 Å².